The largest absolute Gasteiger partial charge is 0.388 e. The fourth-order valence-corrected chi connectivity index (χ4v) is 3.67. The van der Waals surface area contributed by atoms with E-state index in [0.717, 1.165) is 5.56 Å². The number of amides is 1. The number of azide groups is 1. The number of nitrogens with one attached hydrogen (secondary N) is 1. The Morgan fingerprint density at radius 2 is 2.28 bits per heavy atom. The Hall–Kier alpha value is -2.58. The molecule has 4 atom stereocenters. The predicted molar refractivity (Wildman–Crippen MR) is 106 cm³/mol. The van der Waals surface area contributed by atoms with Crippen molar-refractivity contribution in [1.82, 2.24) is 10.2 Å². The van der Waals surface area contributed by atoms with Gasteiger partial charge < -0.3 is 24.8 Å². The van der Waals surface area contributed by atoms with Gasteiger partial charge in [-0.15, -0.1) is 0 Å². The van der Waals surface area contributed by atoms with Gasteiger partial charge in [-0.25, -0.2) is 0 Å². The molecule has 0 aliphatic carbocycles. The third kappa shape index (κ3) is 5.07. The van der Waals surface area contributed by atoms with Gasteiger partial charge in [-0.05, 0) is 30.9 Å². The number of nitrogens with zero attached hydrogens (tertiary/aromatic N) is 4. The lowest BCUT2D eigenvalue weighted by Crippen LogP contribution is -2.58. The molecule has 1 aromatic carbocycles. The molecule has 0 bridgehead atoms. The fraction of sp³-hybridized carbons (Fsp3) is 0.550. The molecule has 1 saturated heterocycles. The molecule has 2 N–H and O–H groups in total. The lowest BCUT2D eigenvalue weighted by molar-refractivity contribution is -0.118. The lowest BCUT2D eigenvalue weighted by Gasteiger charge is -2.41. The average Bonchev–Trinajstić information content (AvgIpc) is 3.04. The minimum atomic E-state index is -0.817. The van der Waals surface area contributed by atoms with E-state index in [4.69, 9.17) is 15.0 Å². The van der Waals surface area contributed by atoms with Gasteiger partial charge in [-0.2, -0.15) is 0 Å². The molecule has 29 heavy (non-hydrogen) atoms. The number of carbonyl (C=O) groups excluding carboxylic acids is 1. The summed E-state index contributed by atoms with van der Waals surface area (Å²) < 4.78 is 12.1. The van der Waals surface area contributed by atoms with Crippen molar-refractivity contribution in [3.8, 4) is 0 Å². The quantitative estimate of drug-likeness (QED) is 0.284. The first-order chi connectivity index (χ1) is 14.0. The Balaban J connectivity index is 1.69. The molecule has 1 aromatic rings. The molecule has 0 saturated carbocycles. The standard InChI is InChI=1S/C20H27N5O4/c1-20(25-11-9-17(26)22-14-25)13-29-18(19(20)27)16(8-5-10-23-24-21)28-12-15-6-3-2-4-7-15/h2-4,6-7,9,11,16,18-19,27H,5,8,10,12-14H2,1H3,(H,22,26)/t16-,18-,19?,20?/m1/s1. The fourth-order valence-electron chi connectivity index (χ4n) is 3.67. The van der Waals surface area contributed by atoms with Crippen molar-refractivity contribution in [3.63, 3.8) is 0 Å². The van der Waals surface area contributed by atoms with Gasteiger partial charge in [-0.3, -0.25) is 4.79 Å². The van der Waals surface area contributed by atoms with Crippen LogP contribution >= 0.6 is 0 Å². The molecule has 9 nitrogen and oxygen atoms in total. The van der Waals surface area contributed by atoms with Crippen LogP contribution in [0.5, 0.6) is 0 Å². The number of aliphatic hydroxyl groups excluding tert-OH is 1. The zero-order valence-corrected chi connectivity index (χ0v) is 16.5. The Bertz CT molecular complexity index is 767. The molecule has 2 unspecified atom stereocenters. The first-order valence-electron chi connectivity index (χ1n) is 9.73. The first kappa shape index (κ1) is 21.1. The van der Waals surface area contributed by atoms with E-state index < -0.39 is 17.7 Å². The molecule has 1 fully saturated rings. The number of aliphatic hydroxyl groups is 1. The minimum Gasteiger partial charge on any atom is -0.388 e. The van der Waals surface area contributed by atoms with Crippen molar-refractivity contribution < 1.29 is 19.4 Å². The van der Waals surface area contributed by atoms with E-state index in [0.29, 0.717) is 39.3 Å². The highest BCUT2D eigenvalue weighted by molar-refractivity contribution is 5.88. The van der Waals surface area contributed by atoms with Gasteiger partial charge in [0.1, 0.15) is 12.2 Å². The number of hydrogen-bond acceptors (Lipinski definition) is 6. The van der Waals surface area contributed by atoms with Crippen LogP contribution in [0, 0.1) is 0 Å². The summed E-state index contributed by atoms with van der Waals surface area (Å²) in [5.74, 6) is -0.156. The van der Waals surface area contributed by atoms with Crippen LogP contribution in [0.2, 0.25) is 0 Å². The molecular weight excluding hydrogens is 374 g/mol. The summed E-state index contributed by atoms with van der Waals surface area (Å²) in [5, 5.41) is 17.5. The molecule has 2 heterocycles. The maximum atomic E-state index is 11.4. The van der Waals surface area contributed by atoms with Crippen LogP contribution in [0.4, 0.5) is 0 Å². The smallest absolute Gasteiger partial charge is 0.246 e. The zero-order valence-electron chi connectivity index (χ0n) is 16.5. The van der Waals surface area contributed by atoms with Gasteiger partial charge in [0.25, 0.3) is 0 Å². The second kappa shape index (κ2) is 9.76. The maximum Gasteiger partial charge on any atom is 0.246 e. The number of carbonyl (C=O) groups is 1. The molecule has 2 aliphatic rings. The molecule has 2 aliphatic heterocycles. The van der Waals surface area contributed by atoms with Crippen LogP contribution in [0.25, 0.3) is 10.4 Å². The summed E-state index contributed by atoms with van der Waals surface area (Å²) in [7, 11) is 0. The number of benzene rings is 1. The molecule has 0 radical (unpaired) electrons. The summed E-state index contributed by atoms with van der Waals surface area (Å²) in [6.45, 7) is 3.29. The highest BCUT2D eigenvalue weighted by Crippen LogP contribution is 2.34. The second-order valence-electron chi connectivity index (χ2n) is 7.49. The third-order valence-electron chi connectivity index (χ3n) is 5.49. The highest BCUT2D eigenvalue weighted by Gasteiger charge is 2.51. The summed E-state index contributed by atoms with van der Waals surface area (Å²) in [6, 6.07) is 9.80. The normalized spacial score (nSPS) is 27.4. The molecule has 9 heteroatoms. The molecule has 156 valence electrons. The number of hydrogen-bond donors (Lipinski definition) is 2. The monoisotopic (exact) mass is 401 g/mol. The first-order valence-corrected chi connectivity index (χ1v) is 9.73. The maximum absolute atomic E-state index is 11.4. The molecule has 0 spiro atoms. The van der Waals surface area contributed by atoms with Crippen molar-refractivity contribution in [2.75, 3.05) is 19.8 Å². The highest BCUT2D eigenvalue weighted by atomic mass is 16.6. The van der Waals surface area contributed by atoms with Crippen LogP contribution in [-0.2, 0) is 20.9 Å². The summed E-state index contributed by atoms with van der Waals surface area (Å²) in [6.07, 6.45) is 2.66. The Morgan fingerprint density at radius 3 is 2.97 bits per heavy atom. The van der Waals surface area contributed by atoms with E-state index in [1.807, 2.05) is 42.2 Å². The van der Waals surface area contributed by atoms with Crippen LogP contribution in [0.1, 0.15) is 25.3 Å². The Labute approximate surface area is 169 Å². The topological polar surface area (TPSA) is 120 Å². The van der Waals surface area contributed by atoms with Gasteiger partial charge in [0.2, 0.25) is 5.91 Å². The van der Waals surface area contributed by atoms with Gasteiger partial charge in [0.15, 0.2) is 0 Å². The SMILES string of the molecule is CC1(N2C=CC(=O)NC2)CO[C@H]([C@@H](CCCN=[N+]=[N-])OCc2ccccc2)C1O. The van der Waals surface area contributed by atoms with Crippen LogP contribution in [0.15, 0.2) is 47.7 Å². The number of ether oxygens (including phenoxy) is 2. The second-order valence-corrected chi connectivity index (χ2v) is 7.49. The van der Waals surface area contributed by atoms with E-state index >= 15 is 0 Å². The summed E-state index contributed by atoms with van der Waals surface area (Å²) in [5.41, 5.74) is 8.83. The lowest BCUT2D eigenvalue weighted by atomic mass is 9.89. The summed E-state index contributed by atoms with van der Waals surface area (Å²) >= 11 is 0. The van der Waals surface area contributed by atoms with Crippen molar-refractivity contribution in [2.45, 2.75) is 50.2 Å². The van der Waals surface area contributed by atoms with Gasteiger partial charge in [0.05, 0.1) is 31.5 Å². The molecule has 3 rings (SSSR count). The van der Waals surface area contributed by atoms with Crippen molar-refractivity contribution in [1.29, 1.82) is 0 Å². The van der Waals surface area contributed by atoms with Crippen LogP contribution in [-0.4, -0.2) is 59.6 Å². The van der Waals surface area contributed by atoms with E-state index in [1.54, 1.807) is 6.20 Å². The third-order valence-corrected chi connectivity index (χ3v) is 5.49. The Kier molecular flexibility index (Phi) is 7.11. The van der Waals surface area contributed by atoms with Crippen molar-refractivity contribution in [3.05, 3.63) is 58.6 Å². The zero-order chi connectivity index (χ0) is 20.7. The number of rotatable bonds is 9. The van der Waals surface area contributed by atoms with Gasteiger partial charge in [-0.1, -0.05) is 35.4 Å². The van der Waals surface area contributed by atoms with Gasteiger partial charge in [0, 0.05) is 23.7 Å². The predicted octanol–water partition coefficient (Wildman–Crippen LogP) is 2.08. The van der Waals surface area contributed by atoms with E-state index in [2.05, 4.69) is 15.3 Å². The van der Waals surface area contributed by atoms with Crippen molar-refractivity contribution >= 4 is 5.91 Å². The van der Waals surface area contributed by atoms with Crippen LogP contribution in [0.3, 0.4) is 0 Å². The van der Waals surface area contributed by atoms with E-state index in [1.165, 1.54) is 6.08 Å². The summed E-state index contributed by atoms with van der Waals surface area (Å²) in [4.78, 5) is 16.1. The molecule has 1 amide bonds. The molecular formula is C20H27N5O4. The van der Waals surface area contributed by atoms with Crippen molar-refractivity contribution in [2.24, 2.45) is 5.11 Å². The van der Waals surface area contributed by atoms with Gasteiger partial charge >= 0.3 is 0 Å². The van der Waals surface area contributed by atoms with E-state index in [9.17, 15) is 9.90 Å². The molecule has 0 aromatic heterocycles. The minimum absolute atomic E-state index is 0.156. The van der Waals surface area contributed by atoms with E-state index in [-0.39, 0.29) is 12.0 Å². The Morgan fingerprint density at radius 1 is 1.48 bits per heavy atom. The van der Waals surface area contributed by atoms with Crippen LogP contribution < -0.4 is 5.32 Å². The average molecular weight is 401 g/mol.